The molecule has 0 spiro atoms. The second-order valence-corrected chi connectivity index (χ2v) is 5.56. The molecule has 0 aromatic rings. The van der Waals surface area contributed by atoms with E-state index in [1.165, 1.54) is 6.92 Å². The lowest BCUT2D eigenvalue weighted by atomic mass is 10.0. The first-order chi connectivity index (χ1) is 9.50. The van der Waals surface area contributed by atoms with Crippen LogP contribution < -0.4 is 0 Å². The minimum atomic E-state index is -0.301. The van der Waals surface area contributed by atoms with E-state index in [-0.39, 0.29) is 23.8 Å². The number of carbonyl (C=O) groups excluding carboxylic acids is 3. The van der Waals surface area contributed by atoms with Crippen LogP contribution in [0.15, 0.2) is 0 Å². The maximum Gasteiger partial charge on any atom is 0.245 e. The number of hydrogen-bond donors (Lipinski definition) is 0. The first-order valence-corrected chi connectivity index (χ1v) is 7.32. The highest BCUT2D eigenvalue weighted by Gasteiger charge is 2.34. The topological polar surface area (TPSA) is 60.9 Å². The number of hydrogen-bond acceptors (Lipinski definition) is 3. The predicted molar refractivity (Wildman–Crippen MR) is 73.9 cm³/mol. The molecule has 2 heterocycles. The van der Waals surface area contributed by atoms with Gasteiger partial charge in [0.2, 0.25) is 17.7 Å². The smallest absolute Gasteiger partial charge is 0.245 e. The van der Waals surface area contributed by atoms with E-state index in [4.69, 9.17) is 0 Å². The Morgan fingerprint density at radius 2 is 1.40 bits per heavy atom. The van der Waals surface area contributed by atoms with E-state index >= 15 is 0 Å². The Morgan fingerprint density at radius 3 is 1.95 bits per heavy atom. The van der Waals surface area contributed by atoms with Crippen molar-refractivity contribution in [2.45, 2.75) is 39.2 Å². The van der Waals surface area contributed by atoms with E-state index in [0.717, 1.165) is 19.3 Å². The van der Waals surface area contributed by atoms with E-state index in [2.05, 4.69) is 0 Å². The molecule has 1 unspecified atom stereocenters. The summed E-state index contributed by atoms with van der Waals surface area (Å²) in [5.74, 6) is 0.0775. The molecule has 6 nitrogen and oxygen atoms in total. The van der Waals surface area contributed by atoms with Crippen LogP contribution in [0, 0.1) is 0 Å². The molecule has 0 aromatic carbocycles. The molecule has 2 rings (SSSR count). The predicted octanol–water partition coefficient (Wildman–Crippen LogP) is 0.0781. The van der Waals surface area contributed by atoms with Gasteiger partial charge >= 0.3 is 0 Å². The van der Waals surface area contributed by atoms with Crippen molar-refractivity contribution in [2.75, 3.05) is 32.7 Å². The van der Waals surface area contributed by atoms with Gasteiger partial charge in [0.15, 0.2) is 0 Å². The maximum atomic E-state index is 12.6. The Balaban J connectivity index is 1.97. The molecule has 2 aliphatic rings. The van der Waals surface area contributed by atoms with Gasteiger partial charge in [-0.2, -0.15) is 0 Å². The van der Waals surface area contributed by atoms with Crippen LogP contribution in [0.25, 0.3) is 0 Å². The lowest BCUT2D eigenvalue weighted by Crippen LogP contribution is -2.57. The first-order valence-electron chi connectivity index (χ1n) is 7.32. The van der Waals surface area contributed by atoms with Crippen molar-refractivity contribution in [1.29, 1.82) is 0 Å². The molecular formula is C14H23N3O3. The Bertz CT molecular complexity index is 402. The number of rotatable bonds is 1. The molecule has 112 valence electrons. The number of carbonyl (C=O) groups is 3. The van der Waals surface area contributed by atoms with Gasteiger partial charge in [-0.1, -0.05) is 0 Å². The summed E-state index contributed by atoms with van der Waals surface area (Å²) in [4.78, 5) is 40.8. The Morgan fingerprint density at radius 1 is 0.800 bits per heavy atom. The van der Waals surface area contributed by atoms with Gasteiger partial charge in [-0.15, -0.1) is 0 Å². The summed E-state index contributed by atoms with van der Waals surface area (Å²) in [6, 6.07) is -0.301. The molecule has 0 aromatic heterocycles. The van der Waals surface area contributed by atoms with Gasteiger partial charge in [-0.05, 0) is 19.3 Å². The molecular weight excluding hydrogens is 258 g/mol. The quantitative estimate of drug-likeness (QED) is 0.684. The van der Waals surface area contributed by atoms with Gasteiger partial charge in [-0.3, -0.25) is 14.4 Å². The van der Waals surface area contributed by atoms with Crippen LogP contribution in [-0.2, 0) is 14.4 Å². The van der Waals surface area contributed by atoms with Gasteiger partial charge in [-0.25, -0.2) is 0 Å². The van der Waals surface area contributed by atoms with Crippen LogP contribution in [-0.4, -0.2) is 71.2 Å². The first kappa shape index (κ1) is 14.8. The average Bonchev–Trinajstić information content (AvgIpc) is 2.46. The van der Waals surface area contributed by atoms with Crippen LogP contribution in [0.1, 0.15) is 33.1 Å². The molecule has 0 bridgehead atoms. The third kappa shape index (κ3) is 3.11. The van der Waals surface area contributed by atoms with E-state index in [9.17, 15) is 14.4 Å². The van der Waals surface area contributed by atoms with E-state index < -0.39 is 0 Å². The molecule has 0 saturated carbocycles. The molecule has 20 heavy (non-hydrogen) atoms. The fourth-order valence-electron chi connectivity index (χ4n) is 3.02. The van der Waals surface area contributed by atoms with Crippen molar-refractivity contribution in [3.8, 4) is 0 Å². The standard InChI is InChI=1S/C14H23N3O3/c1-11(18)15-7-9-16(10-8-15)14(20)13-5-3-4-6-17(13)12(2)19/h13H,3-10H2,1-2H3. The molecule has 0 aliphatic carbocycles. The Hall–Kier alpha value is -1.59. The molecule has 2 aliphatic heterocycles. The van der Waals surface area contributed by atoms with Crippen LogP contribution >= 0.6 is 0 Å². The third-order valence-corrected chi connectivity index (χ3v) is 4.23. The second-order valence-electron chi connectivity index (χ2n) is 5.56. The van der Waals surface area contributed by atoms with Crippen molar-refractivity contribution in [3.63, 3.8) is 0 Å². The van der Waals surface area contributed by atoms with E-state index in [1.54, 1.807) is 21.6 Å². The van der Waals surface area contributed by atoms with Crippen LogP contribution in [0.5, 0.6) is 0 Å². The Labute approximate surface area is 119 Å². The summed E-state index contributed by atoms with van der Waals surface area (Å²) in [5, 5.41) is 0. The molecule has 1 atom stereocenters. The third-order valence-electron chi connectivity index (χ3n) is 4.23. The van der Waals surface area contributed by atoms with E-state index in [0.29, 0.717) is 32.7 Å². The minimum absolute atomic E-state index is 0.0228. The summed E-state index contributed by atoms with van der Waals surface area (Å²) >= 11 is 0. The number of amides is 3. The van der Waals surface area contributed by atoms with Gasteiger partial charge in [0.1, 0.15) is 6.04 Å². The molecule has 3 amide bonds. The number of piperazine rings is 1. The zero-order valence-corrected chi connectivity index (χ0v) is 12.3. The maximum absolute atomic E-state index is 12.6. The summed E-state index contributed by atoms with van der Waals surface area (Å²) in [6.45, 7) is 6.08. The molecule has 2 saturated heterocycles. The average molecular weight is 281 g/mol. The highest BCUT2D eigenvalue weighted by Crippen LogP contribution is 2.20. The lowest BCUT2D eigenvalue weighted by molar-refractivity contribution is -0.148. The highest BCUT2D eigenvalue weighted by molar-refractivity contribution is 5.87. The van der Waals surface area contributed by atoms with Crippen LogP contribution in [0.2, 0.25) is 0 Å². The molecule has 0 N–H and O–H groups in total. The van der Waals surface area contributed by atoms with Gasteiger partial charge in [0.05, 0.1) is 0 Å². The second kappa shape index (κ2) is 6.24. The SMILES string of the molecule is CC(=O)N1CCN(C(=O)C2CCCCN2C(C)=O)CC1. The van der Waals surface area contributed by atoms with Crippen molar-refractivity contribution < 1.29 is 14.4 Å². The Kier molecular flexibility index (Phi) is 4.62. The van der Waals surface area contributed by atoms with Crippen molar-refractivity contribution in [1.82, 2.24) is 14.7 Å². The summed E-state index contributed by atoms with van der Waals surface area (Å²) in [5.41, 5.74) is 0. The molecule has 0 radical (unpaired) electrons. The lowest BCUT2D eigenvalue weighted by Gasteiger charge is -2.40. The van der Waals surface area contributed by atoms with Gasteiger partial charge in [0, 0.05) is 46.6 Å². The molecule has 6 heteroatoms. The molecule has 2 fully saturated rings. The summed E-state index contributed by atoms with van der Waals surface area (Å²) < 4.78 is 0. The van der Waals surface area contributed by atoms with Crippen molar-refractivity contribution >= 4 is 17.7 Å². The van der Waals surface area contributed by atoms with Crippen LogP contribution in [0.3, 0.4) is 0 Å². The van der Waals surface area contributed by atoms with Gasteiger partial charge < -0.3 is 14.7 Å². The minimum Gasteiger partial charge on any atom is -0.339 e. The van der Waals surface area contributed by atoms with Crippen LogP contribution in [0.4, 0.5) is 0 Å². The largest absolute Gasteiger partial charge is 0.339 e. The zero-order valence-electron chi connectivity index (χ0n) is 12.3. The zero-order chi connectivity index (χ0) is 14.7. The fourth-order valence-corrected chi connectivity index (χ4v) is 3.02. The number of nitrogens with zero attached hydrogens (tertiary/aromatic N) is 3. The summed E-state index contributed by atoms with van der Waals surface area (Å²) in [6.07, 6.45) is 2.72. The fraction of sp³-hybridized carbons (Fsp3) is 0.786. The number of likely N-dealkylation sites (tertiary alicyclic amines) is 1. The van der Waals surface area contributed by atoms with Crippen molar-refractivity contribution in [3.05, 3.63) is 0 Å². The normalized spacial score (nSPS) is 23.7. The highest BCUT2D eigenvalue weighted by atomic mass is 16.2. The van der Waals surface area contributed by atoms with Crippen molar-refractivity contribution in [2.24, 2.45) is 0 Å². The van der Waals surface area contributed by atoms with Gasteiger partial charge in [0.25, 0.3) is 0 Å². The number of piperidine rings is 1. The monoisotopic (exact) mass is 281 g/mol. The van der Waals surface area contributed by atoms with E-state index in [1.807, 2.05) is 0 Å². The summed E-state index contributed by atoms with van der Waals surface area (Å²) in [7, 11) is 0.